The molecule has 3 atom stereocenters. The van der Waals surface area contributed by atoms with Gasteiger partial charge in [0.2, 0.25) is 0 Å². The zero-order valence-corrected chi connectivity index (χ0v) is 14.6. The third-order valence-corrected chi connectivity index (χ3v) is 5.53. The Balaban J connectivity index is 0.00000156. The fourth-order valence-corrected chi connectivity index (χ4v) is 4.37. The van der Waals surface area contributed by atoms with Gasteiger partial charge in [0.05, 0.1) is 5.52 Å². The minimum absolute atomic E-state index is 0. The van der Waals surface area contributed by atoms with Gasteiger partial charge in [-0.15, -0.1) is 12.4 Å². The molecule has 1 saturated heterocycles. The number of aromatic nitrogens is 1. The highest BCUT2D eigenvalue weighted by Crippen LogP contribution is 2.36. The number of hydrogen-bond acceptors (Lipinski definition) is 3. The number of hydrogen-bond donors (Lipinski definition) is 1. The van der Waals surface area contributed by atoms with Crippen LogP contribution in [0.1, 0.15) is 30.5 Å². The van der Waals surface area contributed by atoms with E-state index in [0.29, 0.717) is 6.04 Å². The van der Waals surface area contributed by atoms with Gasteiger partial charge in [0.25, 0.3) is 0 Å². The van der Waals surface area contributed by atoms with E-state index in [9.17, 15) is 0 Å². The second-order valence-electron chi connectivity index (χ2n) is 7.19. The molecule has 0 radical (unpaired) electrons. The van der Waals surface area contributed by atoms with Gasteiger partial charge in [-0.25, -0.2) is 0 Å². The molecular formula is C19H26ClN3. The van der Waals surface area contributed by atoms with Crippen LogP contribution in [-0.4, -0.2) is 29.0 Å². The fraction of sp³-hybridized carbons (Fsp3) is 0.526. The van der Waals surface area contributed by atoms with Crippen LogP contribution in [0.3, 0.4) is 0 Å². The first-order valence-electron chi connectivity index (χ1n) is 8.53. The van der Waals surface area contributed by atoms with Crippen LogP contribution in [0, 0.1) is 18.8 Å². The molecule has 4 rings (SSSR count). The smallest absolute Gasteiger partial charge is 0.0705 e. The van der Waals surface area contributed by atoms with Crippen molar-refractivity contribution in [2.75, 3.05) is 13.1 Å². The molecular weight excluding hydrogens is 306 g/mol. The molecule has 2 aliphatic rings. The van der Waals surface area contributed by atoms with Gasteiger partial charge in [0.1, 0.15) is 0 Å². The summed E-state index contributed by atoms with van der Waals surface area (Å²) in [7, 11) is 0. The molecule has 124 valence electrons. The topological polar surface area (TPSA) is 42.1 Å². The second-order valence-corrected chi connectivity index (χ2v) is 7.19. The van der Waals surface area contributed by atoms with Crippen molar-refractivity contribution >= 4 is 23.3 Å². The minimum Gasteiger partial charge on any atom is -0.327 e. The zero-order valence-electron chi connectivity index (χ0n) is 13.7. The molecule has 1 saturated carbocycles. The Morgan fingerprint density at radius 2 is 2.04 bits per heavy atom. The SMILES string of the molecule is Cc1ccc2cc(CN3CC4CCCC(N)C4C3)ccc2n1.Cl. The molecule has 0 spiro atoms. The summed E-state index contributed by atoms with van der Waals surface area (Å²) in [6.45, 7) is 5.49. The van der Waals surface area contributed by atoms with Crippen LogP contribution in [0.25, 0.3) is 10.9 Å². The van der Waals surface area contributed by atoms with E-state index < -0.39 is 0 Å². The fourth-order valence-electron chi connectivity index (χ4n) is 4.37. The lowest BCUT2D eigenvalue weighted by atomic mass is 9.78. The molecule has 1 aliphatic heterocycles. The minimum atomic E-state index is 0. The van der Waals surface area contributed by atoms with Crippen LogP contribution in [0.4, 0.5) is 0 Å². The molecule has 1 aliphatic carbocycles. The van der Waals surface area contributed by atoms with E-state index in [-0.39, 0.29) is 12.4 Å². The summed E-state index contributed by atoms with van der Waals surface area (Å²) in [6.07, 6.45) is 3.91. The van der Waals surface area contributed by atoms with Crippen molar-refractivity contribution in [3.05, 3.63) is 41.6 Å². The Labute approximate surface area is 144 Å². The first kappa shape index (κ1) is 16.7. The molecule has 0 bridgehead atoms. The molecule has 3 unspecified atom stereocenters. The van der Waals surface area contributed by atoms with Crippen LogP contribution in [0.15, 0.2) is 30.3 Å². The van der Waals surface area contributed by atoms with E-state index in [4.69, 9.17) is 5.73 Å². The number of nitrogens with two attached hydrogens (primary N) is 1. The molecule has 1 aromatic carbocycles. The van der Waals surface area contributed by atoms with E-state index >= 15 is 0 Å². The molecule has 2 heterocycles. The van der Waals surface area contributed by atoms with E-state index in [1.54, 1.807) is 0 Å². The normalized spacial score (nSPS) is 27.7. The Kier molecular flexibility index (Phi) is 4.90. The first-order valence-corrected chi connectivity index (χ1v) is 8.53. The van der Waals surface area contributed by atoms with E-state index in [1.165, 1.54) is 43.3 Å². The predicted octanol–water partition coefficient (Wildman–Crippen LogP) is 3.52. The maximum atomic E-state index is 6.33. The van der Waals surface area contributed by atoms with Crippen molar-refractivity contribution in [1.29, 1.82) is 0 Å². The lowest BCUT2D eigenvalue weighted by Crippen LogP contribution is -2.38. The first-order chi connectivity index (χ1) is 10.7. The average molecular weight is 332 g/mol. The summed E-state index contributed by atoms with van der Waals surface area (Å²) >= 11 is 0. The number of benzene rings is 1. The van der Waals surface area contributed by atoms with E-state index in [0.717, 1.165) is 29.6 Å². The summed E-state index contributed by atoms with van der Waals surface area (Å²) in [5, 5.41) is 1.25. The highest BCUT2D eigenvalue weighted by Gasteiger charge is 2.38. The van der Waals surface area contributed by atoms with Crippen molar-refractivity contribution in [3.8, 4) is 0 Å². The van der Waals surface area contributed by atoms with Crippen LogP contribution < -0.4 is 5.73 Å². The lowest BCUT2D eigenvalue weighted by molar-refractivity contribution is 0.259. The largest absolute Gasteiger partial charge is 0.327 e. The molecule has 4 heteroatoms. The number of aryl methyl sites for hydroxylation is 1. The lowest BCUT2D eigenvalue weighted by Gasteiger charge is -2.29. The summed E-state index contributed by atoms with van der Waals surface area (Å²) in [5.74, 6) is 1.55. The third kappa shape index (κ3) is 3.37. The Bertz CT molecular complexity index is 687. The Morgan fingerprint density at radius 1 is 1.17 bits per heavy atom. The van der Waals surface area contributed by atoms with Gasteiger partial charge >= 0.3 is 0 Å². The summed E-state index contributed by atoms with van der Waals surface area (Å²) in [6, 6.07) is 11.4. The van der Waals surface area contributed by atoms with Gasteiger partial charge in [0, 0.05) is 36.8 Å². The van der Waals surface area contributed by atoms with Gasteiger partial charge in [-0.1, -0.05) is 18.6 Å². The van der Waals surface area contributed by atoms with Crippen LogP contribution in [-0.2, 0) is 6.54 Å². The number of rotatable bonds is 2. The molecule has 3 nitrogen and oxygen atoms in total. The van der Waals surface area contributed by atoms with Crippen molar-refractivity contribution in [2.24, 2.45) is 17.6 Å². The summed E-state index contributed by atoms with van der Waals surface area (Å²) < 4.78 is 0. The van der Waals surface area contributed by atoms with Gasteiger partial charge in [-0.3, -0.25) is 9.88 Å². The third-order valence-electron chi connectivity index (χ3n) is 5.53. The van der Waals surface area contributed by atoms with Crippen molar-refractivity contribution in [1.82, 2.24) is 9.88 Å². The van der Waals surface area contributed by atoms with Gasteiger partial charge in [-0.2, -0.15) is 0 Å². The number of fused-ring (bicyclic) bond motifs is 2. The summed E-state index contributed by atoms with van der Waals surface area (Å²) in [5.41, 5.74) is 9.90. The quantitative estimate of drug-likeness (QED) is 0.915. The molecule has 2 N–H and O–H groups in total. The number of halogens is 1. The summed E-state index contributed by atoms with van der Waals surface area (Å²) in [4.78, 5) is 7.19. The van der Waals surface area contributed by atoms with Crippen molar-refractivity contribution in [2.45, 2.75) is 38.8 Å². The molecule has 2 aromatic rings. The van der Waals surface area contributed by atoms with Crippen molar-refractivity contribution in [3.63, 3.8) is 0 Å². The second kappa shape index (κ2) is 6.76. The Morgan fingerprint density at radius 3 is 2.87 bits per heavy atom. The highest BCUT2D eigenvalue weighted by atomic mass is 35.5. The zero-order chi connectivity index (χ0) is 15.1. The molecule has 1 aromatic heterocycles. The van der Waals surface area contributed by atoms with Gasteiger partial charge < -0.3 is 5.73 Å². The molecule has 2 fully saturated rings. The average Bonchev–Trinajstić information content (AvgIpc) is 2.91. The predicted molar refractivity (Wildman–Crippen MR) is 97.8 cm³/mol. The number of nitrogens with zero attached hydrogens (tertiary/aromatic N) is 2. The van der Waals surface area contributed by atoms with Gasteiger partial charge in [0.15, 0.2) is 0 Å². The van der Waals surface area contributed by atoms with Gasteiger partial charge in [-0.05, 0) is 55.4 Å². The van der Waals surface area contributed by atoms with Crippen LogP contribution in [0.5, 0.6) is 0 Å². The standard InChI is InChI=1S/C19H25N3.ClH/c1-13-5-7-15-9-14(6-8-19(15)21-13)10-22-11-16-3-2-4-18(20)17(16)12-22;/h5-9,16-18H,2-4,10-12,20H2,1H3;1H. The Hall–Kier alpha value is -1.16. The molecule has 0 amide bonds. The number of likely N-dealkylation sites (tertiary alicyclic amines) is 1. The monoisotopic (exact) mass is 331 g/mol. The highest BCUT2D eigenvalue weighted by molar-refractivity contribution is 5.85. The van der Waals surface area contributed by atoms with E-state index in [1.807, 2.05) is 6.92 Å². The molecule has 23 heavy (non-hydrogen) atoms. The maximum absolute atomic E-state index is 6.33. The van der Waals surface area contributed by atoms with E-state index in [2.05, 4.69) is 40.2 Å². The maximum Gasteiger partial charge on any atom is 0.0705 e. The number of pyridine rings is 1. The van der Waals surface area contributed by atoms with Crippen molar-refractivity contribution < 1.29 is 0 Å². The van der Waals surface area contributed by atoms with Crippen LogP contribution in [0.2, 0.25) is 0 Å². The van der Waals surface area contributed by atoms with Crippen LogP contribution >= 0.6 is 12.4 Å².